The number of Topliss-reactive ketones (excluding diaryl/α,β-unsaturated/α-hetero) is 1. The highest BCUT2D eigenvalue weighted by atomic mass is 35.5. The predicted octanol–water partition coefficient (Wildman–Crippen LogP) is 3.83. The van der Waals surface area contributed by atoms with Crippen LogP contribution in [-0.4, -0.2) is 5.78 Å². The van der Waals surface area contributed by atoms with E-state index in [9.17, 15) is 4.79 Å². The molecule has 1 saturated carbocycles. The Kier molecular flexibility index (Phi) is 2.80. The van der Waals surface area contributed by atoms with Crippen LogP contribution in [0.2, 0.25) is 10.0 Å². The van der Waals surface area contributed by atoms with Crippen molar-refractivity contribution < 1.29 is 4.79 Å². The molecule has 1 atom stereocenters. The van der Waals surface area contributed by atoms with Crippen LogP contribution in [0, 0.1) is 0 Å². The third kappa shape index (κ3) is 1.94. The number of ketones is 1. The molecule has 3 heteroatoms. The summed E-state index contributed by atoms with van der Waals surface area (Å²) in [5.74, 6) is 0.693. The Bertz CT molecular complexity index is 374. The maximum absolute atomic E-state index is 11.1. The summed E-state index contributed by atoms with van der Waals surface area (Å²) in [4.78, 5) is 11.1. The van der Waals surface area contributed by atoms with E-state index in [-0.39, 0.29) is 0 Å². The molecule has 1 aliphatic rings. The molecule has 0 saturated heterocycles. The summed E-state index contributed by atoms with van der Waals surface area (Å²) in [6.45, 7) is 0. The minimum Gasteiger partial charge on any atom is -0.300 e. The van der Waals surface area contributed by atoms with Gasteiger partial charge in [0.2, 0.25) is 0 Å². The van der Waals surface area contributed by atoms with E-state index in [1.807, 2.05) is 12.1 Å². The zero-order valence-electron chi connectivity index (χ0n) is 7.59. The van der Waals surface area contributed by atoms with E-state index < -0.39 is 0 Å². The van der Waals surface area contributed by atoms with E-state index >= 15 is 0 Å². The largest absolute Gasteiger partial charge is 0.300 e. The van der Waals surface area contributed by atoms with Gasteiger partial charge in [-0.05, 0) is 30.0 Å². The van der Waals surface area contributed by atoms with Gasteiger partial charge in [0.25, 0.3) is 0 Å². The highest BCUT2D eigenvalue weighted by Crippen LogP contribution is 2.34. The Morgan fingerprint density at radius 2 is 2.00 bits per heavy atom. The molecule has 0 unspecified atom stereocenters. The van der Waals surface area contributed by atoms with Gasteiger partial charge in [-0.15, -0.1) is 0 Å². The van der Waals surface area contributed by atoms with Crippen LogP contribution >= 0.6 is 23.2 Å². The first-order valence-corrected chi connectivity index (χ1v) is 5.39. The van der Waals surface area contributed by atoms with Gasteiger partial charge in [0.1, 0.15) is 5.78 Å². The number of benzene rings is 1. The van der Waals surface area contributed by atoms with Crippen molar-refractivity contribution in [1.29, 1.82) is 0 Å². The molecule has 0 bridgehead atoms. The number of carbonyl (C=O) groups excluding carboxylic acids is 1. The van der Waals surface area contributed by atoms with Gasteiger partial charge < -0.3 is 0 Å². The molecular weight excluding hydrogens is 219 g/mol. The summed E-state index contributed by atoms with van der Waals surface area (Å²) in [6.07, 6.45) is 2.29. The summed E-state index contributed by atoms with van der Waals surface area (Å²) < 4.78 is 0. The molecule has 0 N–H and O–H groups in total. The van der Waals surface area contributed by atoms with Crippen LogP contribution in [-0.2, 0) is 4.79 Å². The monoisotopic (exact) mass is 228 g/mol. The van der Waals surface area contributed by atoms with Crippen LogP contribution in [0.4, 0.5) is 0 Å². The lowest BCUT2D eigenvalue weighted by atomic mass is 9.98. The Labute approximate surface area is 93.0 Å². The molecule has 0 heterocycles. The molecule has 1 aromatic carbocycles. The lowest BCUT2D eigenvalue weighted by molar-refractivity contribution is -0.117. The zero-order valence-corrected chi connectivity index (χ0v) is 9.11. The van der Waals surface area contributed by atoms with Gasteiger partial charge in [0.05, 0.1) is 10.0 Å². The maximum Gasteiger partial charge on any atom is 0.133 e. The van der Waals surface area contributed by atoms with Crippen molar-refractivity contribution in [3.63, 3.8) is 0 Å². The molecule has 1 nitrogen and oxygen atoms in total. The van der Waals surface area contributed by atoms with E-state index in [4.69, 9.17) is 23.2 Å². The first kappa shape index (κ1) is 10.0. The molecule has 1 fully saturated rings. The molecule has 1 aromatic rings. The van der Waals surface area contributed by atoms with Crippen LogP contribution in [0.3, 0.4) is 0 Å². The fraction of sp³-hybridized carbons (Fsp3) is 0.364. The van der Waals surface area contributed by atoms with E-state index in [1.165, 1.54) is 0 Å². The van der Waals surface area contributed by atoms with Gasteiger partial charge in [0.15, 0.2) is 0 Å². The maximum atomic E-state index is 11.1. The van der Waals surface area contributed by atoms with E-state index in [1.54, 1.807) is 6.07 Å². The molecule has 1 aliphatic carbocycles. The Hall–Kier alpha value is -0.530. The zero-order chi connectivity index (χ0) is 10.1. The average molecular weight is 229 g/mol. The highest BCUT2D eigenvalue weighted by molar-refractivity contribution is 6.42. The first-order chi connectivity index (χ1) is 6.66. The molecule has 0 spiro atoms. The molecule has 14 heavy (non-hydrogen) atoms. The molecule has 2 rings (SSSR count). The van der Waals surface area contributed by atoms with Crippen LogP contribution in [0.25, 0.3) is 0 Å². The molecule has 0 radical (unpaired) electrons. The lowest BCUT2D eigenvalue weighted by Gasteiger charge is -2.09. The van der Waals surface area contributed by atoms with Gasteiger partial charge in [-0.1, -0.05) is 29.3 Å². The van der Waals surface area contributed by atoms with Gasteiger partial charge in [-0.25, -0.2) is 0 Å². The van der Waals surface area contributed by atoms with Crippen LogP contribution in [0.15, 0.2) is 18.2 Å². The number of rotatable bonds is 1. The fourth-order valence-corrected chi connectivity index (χ4v) is 2.17. The van der Waals surface area contributed by atoms with Crippen molar-refractivity contribution in [1.82, 2.24) is 0 Å². The van der Waals surface area contributed by atoms with Gasteiger partial charge >= 0.3 is 0 Å². The van der Waals surface area contributed by atoms with Crippen molar-refractivity contribution in [2.45, 2.75) is 25.2 Å². The molecule has 0 aromatic heterocycles. The summed E-state index contributed by atoms with van der Waals surface area (Å²) in [5, 5.41) is 1.14. The lowest BCUT2D eigenvalue weighted by Crippen LogP contribution is -1.94. The second kappa shape index (κ2) is 3.92. The number of hydrogen-bond donors (Lipinski definition) is 0. The van der Waals surface area contributed by atoms with Crippen LogP contribution < -0.4 is 0 Å². The summed E-state index contributed by atoms with van der Waals surface area (Å²) in [5.41, 5.74) is 1.13. The fourth-order valence-electron chi connectivity index (χ4n) is 1.86. The minimum atomic E-state index is 0.345. The Balaban J connectivity index is 2.24. The molecule has 74 valence electrons. The molecular formula is C11H10Cl2O. The Morgan fingerprint density at radius 3 is 2.57 bits per heavy atom. The summed E-state index contributed by atoms with van der Waals surface area (Å²) >= 11 is 11.7. The quantitative estimate of drug-likeness (QED) is 0.715. The van der Waals surface area contributed by atoms with Crippen molar-refractivity contribution in [2.24, 2.45) is 0 Å². The van der Waals surface area contributed by atoms with Crippen molar-refractivity contribution in [3.05, 3.63) is 33.8 Å². The van der Waals surface area contributed by atoms with Gasteiger partial charge in [-0.2, -0.15) is 0 Å². The number of hydrogen-bond acceptors (Lipinski definition) is 1. The van der Waals surface area contributed by atoms with E-state index in [0.717, 1.165) is 12.0 Å². The SMILES string of the molecule is O=C1CC[C@@H](c2ccc(Cl)c(Cl)c2)C1. The smallest absolute Gasteiger partial charge is 0.133 e. The third-order valence-corrected chi connectivity index (χ3v) is 3.40. The molecule has 0 aliphatic heterocycles. The van der Waals surface area contributed by atoms with Crippen LogP contribution in [0.1, 0.15) is 30.7 Å². The topological polar surface area (TPSA) is 17.1 Å². The van der Waals surface area contributed by atoms with E-state index in [0.29, 0.717) is 34.6 Å². The average Bonchev–Trinajstić information content (AvgIpc) is 2.57. The predicted molar refractivity (Wildman–Crippen MR) is 58.1 cm³/mol. The van der Waals surface area contributed by atoms with Crippen molar-refractivity contribution >= 4 is 29.0 Å². The van der Waals surface area contributed by atoms with Crippen LogP contribution in [0.5, 0.6) is 0 Å². The van der Waals surface area contributed by atoms with Gasteiger partial charge in [0, 0.05) is 12.8 Å². The Morgan fingerprint density at radius 1 is 1.21 bits per heavy atom. The highest BCUT2D eigenvalue weighted by Gasteiger charge is 2.23. The third-order valence-electron chi connectivity index (χ3n) is 2.66. The van der Waals surface area contributed by atoms with E-state index in [2.05, 4.69) is 0 Å². The van der Waals surface area contributed by atoms with Crippen molar-refractivity contribution in [3.8, 4) is 0 Å². The van der Waals surface area contributed by atoms with Gasteiger partial charge in [-0.3, -0.25) is 4.79 Å². The molecule has 0 amide bonds. The number of halogens is 2. The summed E-state index contributed by atoms with van der Waals surface area (Å²) in [6, 6.07) is 5.62. The van der Waals surface area contributed by atoms with Crippen molar-refractivity contribution in [2.75, 3.05) is 0 Å². The first-order valence-electron chi connectivity index (χ1n) is 4.63. The second-order valence-electron chi connectivity index (χ2n) is 3.65. The standard InChI is InChI=1S/C11H10Cl2O/c12-10-4-2-8(6-11(10)13)7-1-3-9(14)5-7/h2,4,6-7H,1,3,5H2/t7-/m1/s1. The minimum absolute atomic E-state index is 0.345. The number of carbonyl (C=O) groups is 1. The normalized spacial score (nSPS) is 21.6. The summed E-state index contributed by atoms with van der Waals surface area (Å²) in [7, 11) is 0. The second-order valence-corrected chi connectivity index (χ2v) is 4.47.